The maximum Gasteiger partial charge on any atom is 0.237 e. The smallest absolute Gasteiger partial charge is 0.237 e. The van der Waals surface area contributed by atoms with Crippen LogP contribution in [0.3, 0.4) is 0 Å². The zero-order valence-corrected chi connectivity index (χ0v) is 18.6. The molecule has 0 atom stereocenters. The summed E-state index contributed by atoms with van der Waals surface area (Å²) in [5, 5.41) is 11.6. The number of carbonyl (C=O) groups excluding carboxylic acids is 1. The first kappa shape index (κ1) is 21.1. The van der Waals surface area contributed by atoms with Gasteiger partial charge in [0.15, 0.2) is 11.0 Å². The van der Waals surface area contributed by atoms with Gasteiger partial charge in [0.2, 0.25) is 5.91 Å². The largest absolute Gasteiger partial charge is 0.308 e. The molecule has 1 amide bonds. The van der Waals surface area contributed by atoms with Gasteiger partial charge in [-0.25, -0.2) is 0 Å². The number of amides is 1. The fourth-order valence-corrected chi connectivity index (χ4v) is 4.72. The van der Waals surface area contributed by atoms with Gasteiger partial charge in [0.25, 0.3) is 0 Å². The van der Waals surface area contributed by atoms with E-state index in [1.54, 1.807) is 22.3 Å². The number of hydrogen-bond acceptors (Lipinski definition) is 5. The minimum atomic E-state index is 0.00281. The molecule has 2 aromatic heterocycles. The number of hydrogen-bond donors (Lipinski definition) is 0. The van der Waals surface area contributed by atoms with Crippen LogP contribution < -0.4 is 4.90 Å². The molecule has 0 spiro atoms. The quantitative estimate of drug-likeness (QED) is 0.256. The number of thiophene rings is 1. The van der Waals surface area contributed by atoms with Crippen molar-refractivity contribution in [1.29, 1.82) is 0 Å². The van der Waals surface area contributed by atoms with E-state index in [9.17, 15) is 4.79 Å². The van der Waals surface area contributed by atoms with Crippen molar-refractivity contribution in [2.75, 3.05) is 17.2 Å². The minimum absolute atomic E-state index is 0.00281. The molecule has 156 valence electrons. The van der Waals surface area contributed by atoms with Crippen LogP contribution in [0.1, 0.15) is 5.56 Å². The Morgan fingerprint density at radius 2 is 1.77 bits per heavy atom. The monoisotopic (exact) mass is 446 g/mol. The normalized spacial score (nSPS) is 10.7. The molecule has 0 radical (unpaired) electrons. The molecule has 0 aliphatic carbocycles. The van der Waals surface area contributed by atoms with Crippen molar-refractivity contribution in [2.24, 2.45) is 0 Å². The van der Waals surface area contributed by atoms with Gasteiger partial charge in [-0.3, -0.25) is 9.36 Å². The van der Waals surface area contributed by atoms with Crippen LogP contribution in [-0.4, -0.2) is 33.0 Å². The lowest BCUT2D eigenvalue weighted by molar-refractivity contribution is -0.116. The van der Waals surface area contributed by atoms with Gasteiger partial charge in [0.05, 0.1) is 17.2 Å². The Hall–Kier alpha value is -3.16. The number of benzene rings is 2. The Morgan fingerprint density at radius 3 is 2.45 bits per heavy atom. The molecule has 0 bridgehead atoms. The van der Waals surface area contributed by atoms with Crippen LogP contribution in [0, 0.1) is 0 Å². The van der Waals surface area contributed by atoms with Crippen LogP contribution in [0.15, 0.2) is 96.0 Å². The zero-order valence-electron chi connectivity index (χ0n) is 16.9. The first-order valence-electron chi connectivity index (χ1n) is 9.86. The number of aromatic nitrogens is 3. The molecule has 2 heterocycles. The zero-order chi connectivity index (χ0) is 21.5. The molecule has 0 saturated heterocycles. The van der Waals surface area contributed by atoms with Crippen LogP contribution in [0.25, 0.3) is 10.7 Å². The fraction of sp³-hybridized carbons (Fsp3) is 0.125. The second-order valence-corrected chi connectivity index (χ2v) is 8.66. The molecule has 2 aromatic carbocycles. The Labute approximate surface area is 190 Å². The third-order valence-electron chi connectivity index (χ3n) is 4.65. The summed E-state index contributed by atoms with van der Waals surface area (Å²) in [6, 6.07) is 23.9. The number of carbonyl (C=O) groups is 1. The molecule has 7 heteroatoms. The lowest BCUT2D eigenvalue weighted by atomic mass is 10.2. The van der Waals surface area contributed by atoms with E-state index in [0.29, 0.717) is 13.1 Å². The Kier molecular flexibility index (Phi) is 6.96. The minimum Gasteiger partial charge on any atom is -0.308 e. The van der Waals surface area contributed by atoms with Crippen molar-refractivity contribution in [3.8, 4) is 10.7 Å². The van der Waals surface area contributed by atoms with E-state index in [4.69, 9.17) is 0 Å². The standard InChI is InChI=1S/C24H22N4OS2/c1-2-15-27(20-12-7-4-8-13-20)22(29)18-31-24-26-25-23(21-14-9-16-30-21)28(24)17-19-10-5-3-6-11-19/h2-14,16H,1,15,17-18H2. The van der Waals surface area contributed by atoms with Gasteiger partial charge in [-0.15, -0.1) is 28.1 Å². The number of anilines is 1. The molecule has 0 aliphatic heterocycles. The highest BCUT2D eigenvalue weighted by molar-refractivity contribution is 7.99. The van der Waals surface area contributed by atoms with Crippen LogP contribution in [0.2, 0.25) is 0 Å². The number of para-hydroxylation sites is 1. The highest BCUT2D eigenvalue weighted by Gasteiger charge is 2.19. The summed E-state index contributed by atoms with van der Waals surface area (Å²) in [6.07, 6.45) is 1.74. The Bertz CT molecular complexity index is 1130. The van der Waals surface area contributed by atoms with E-state index in [0.717, 1.165) is 27.1 Å². The van der Waals surface area contributed by atoms with Gasteiger partial charge in [-0.05, 0) is 29.1 Å². The number of nitrogens with zero attached hydrogens (tertiary/aromatic N) is 4. The van der Waals surface area contributed by atoms with E-state index in [-0.39, 0.29) is 11.7 Å². The van der Waals surface area contributed by atoms with E-state index in [1.807, 2.05) is 66.0 Å². The molecule has 0 fully saturated rings. The van der Waals surface area contributed by atoms with Crippen molar-refractivity contribution in [3.05, 3.63) is 96.4 Å². The average Bonchev–Trinajstić information content (AvgIpc) is 3.47. The van der Waals surface area contributed by atoms with Crippen LogP contribution in [0.4, 0.5) is 5.69 Å². The third kappa shape index (κ3) is 5.13. The molecule has 31 heavy (non-hydrogen) atoms. The maximum absolute atomic E-state index is 13.0. The predicted molar refractivity (Wildman–Crippen MR) is 129 cm³/mol. The lowest BCUT2D eigenvalue weighted by Gasteiger charge is -2.21. The van der Waals surface area contributed by atoms with Crippen LogP contribution in [0.5, 0.6) is 0 Å². The molecule has 0 aliphatic rings. The van der Waals surface area contributed by atoms with Gasteiger partial charge in [-0.2, -0.15) is 0 Å². The number of thioether (sulfide) groups is 1. The van der Waals surface area contributed by atoms with Gasteiger partial charge in [0, 0.05) is 12.2 Å². The van der Waals surface area contributed by atoms with Gasteiger partial charge >= 0.3 is 0 Å². The van der Waals surface area contributed by atoms with E-state index < -0.39 is 0 Å². The third-order valence-corrected chi connectivity index (χ3v) is 6.46. The summed E-state index contributed by atoms with van der Waals surface area (Å²) < 4.78 is 2.08. The highest BCUT2D eigenvalue weighted by atomic mass is 32.2. The average molecular weight is 447 g/mol. The molecular weight excluding hydrogens is 424 g/mol. The first-order valence-corrected chi connectivity index (χ1v) is 11.7. The Balaban J connectivity index is 1.56. The van der Waals surface area contributed by atoms with Gasteiger partial charge in [-0.1, -0.05) is 72.4 Å². The second-order valence-electron chi connectivity index (χ2n) is 6.77. The molecule has 5 nitrogen and oxygen atoms in total. The van der Waals surface area contributed by atoms with Crippen molar-refractivity contribution in [1.82, 2.24) is 14.8 Å². The van der Waals surface area contributed by atoms with E-state index in [1.165, 1.54) is 11.8 Å². The van der Waals surface area contributed by atoms with Gasteiger partial charge in [0.1, 0.15) is 0 Å². The predicted octanol–water partition coefficient (Wildman–Crippen LogP) is 5.37. The molecule has 0 unspecified atom stereocenters. The summed E-state index contributed by atoms with van der Waals surface area (Å²) in [6.45, 7) is 4.90. The molecule has 0 saturated carbocycles. The van der Waals surface area contributed by atoms with Crippen LogP contribution in [-0.2, 0) is 11.3 Å². The summed E-state index contributed by atoms with van der Waals surface area (Å²) in [4.78, 5) is 15.8. The first-order chi connectivity index (χ1) is 15.3. The highest BCUT2D eigenvalue weighted by Crippen LogP contribution is 2.28. The van der Waals surface area contributed by atoms with Crippen molar-refractivity contribution in [3.63, 3.8) is 0 Å². The SMILES string of the molecule is C=CCN(C(=O)CSc1nnc(-c2cccs2)n1Cc1ccccc1)c1ccccc1. The molecular formula is C24H22N4OS2. The maximum atomic E-state index is 13.0. The molecule has 4 rings (SSSR count). The summed E-state index contributed by atoms with van der Waals surface area (Å²) >= 11 is 3.04. The summed E-state index contributed by atoms with van der Waals surface area (Å²) in [7, 11) is 0. The second kappa shape index (κ2) is 10.2. The van der Waals surface area contributed by atoms with E-state index in [2.05, 4.69) is 33.5 Å². The molecule has 0 N–H and O–H groups in total. The van der Waals surface area contributed by atoms with Crippen LogP contribution >= 0.6 is 23.1 Å². The molecule has 4 aromatic rings. The topological polar surface area (TPSA) is 51.0 Å². The Morgan fingerprint density at radius 1 is 1.03 bits per heavy atom. The lowest BCUT2D eigenvalue weighted by Crippen LogP contribution is -2.32. The van der Waals surface area contributed by atoms with Gasteiger partial charge < -0.3 is 4.90 Å². The fourth-order valence-electron chi connectivity index (χ4n) is 3.18. The number of rotatable bonds is 9. The van der Waals surface area contributed by atoms with Crippen molar-refractivity contribution >= 4 is 34.7 Å². The van der Waals surface area contributed by atoms with E-state index >= 15 is 0 Å². The summed E-state index contributed by atoms with van der Waals surface area (Å²) in [5.41, 5.74) is 2.02. The van der Waals surface area contributed by atoms with Crippen molar-refractivity contribution < 1.29 is 4.79 Å². The van der Waals surface area contributed by atoms with Crippen molar-refractivity contribution in [2.45, 2.75) is 11.7 Å². The summed E-state index contributed by atoms with van der Waals surface area (Å²) in [5.74, 6) is 1.09.